The molecule has 3 nitrogen and oxygen atoms in total. The first-order valence-electron chi connectivity index (χ1n) is 6.71. The molecule has 1 aromatic carbocycles. The second kappa shape index (κ2) is 4.84. The van der Waals surface area contributed by atoms with Gasteiger partial charge >= 0.3 is 0 Å². The highest BCUT2D eigenvalue weighted by molar-refractivity contribution is 5.83. The minimum atomic E-state index is 0.787. The quantitative estimate of drug-likeness (QED) is 0.806. The fraction of sp³-hybridized carbons (Fsp3) is 0.400. The lowest BCUT2D eigenvalue weighted by molar-refractivity contribution is 0.303. The van der Waals surface area contributed by atoms with Gasteiger partial charge in [0, 0.05) is 17.6 Å². The number of nitrogens with one attached hydrogen (secondary N) is 1. The molecule has 1 aromatic heterocycles. The van der Waals surface area contributed by atoms with Gasteiger partial charge in [-0.05, 0) is 42.7 Å². The predicted octanol–water partition coefficient (Wildman–Crippen LogP) is 3.42. The van der Waals surface area contributed by atoms with E-state index in [2.05, 4.69) is 16.4 Å². The van der Waals surface area contributed by atoms with Crippen LogP contribution < -0.4 is 11.1 Å². The van der Waals surface area contributed by atoms with Gasteiger partial charge in [-0.25, -0.2) is 4.98 Å². The van der Waals surface area contributed by atoms with Crippen molar-refractivity contribution in [1.29, 1.82) is 0 Å². The molecule has 1 aliphatic rings. The van der Waals surface area contributed by atoms with Crippen LogP contribution in [0, 0.1) is 5.92 Å². The normalized spacial score (nSPS) is 15.6. The van der Waals surface area contributed by atoms with Crippen LogP contribution in [0.2, 0.25) is 0 Å². The molecule has 18 heavy (non-hydrogen) atoms. The number of rotatable bonds is 4. The van der Waals surface area contributed by atoms with Gasteiger partial charge in [-0.2, -0.15) is 0 Å². The van der Waals surface area contributed by atoms with Crippen LogP contribution in [0.4, 0.5) is 11.5 Å². The third-order valence-electron chi connectivity index (χ3n) is 3.80. The molecule has 2 aromatic rings. The molecule has 0 saturated heterocycles. The maximum absolute atomic E-state index is 5.75. The summed E-state index contributed by atoms with van der Waals surface area (Å²) >= 11 is 0. The van der Waals surface area contributed by atoms with Crippen molar-refractivity contribution in [2.45, 2.75) is 25.7 Å². The molecule has 1 fully saturated rings. The minimum Gasteiger partial charge on any atom is -0.399 e. The molecule has 1 saturated carbocycles. The topological polar surface area (TPSA) is 50.9 Å². The molecule has 3 rings (SSSR count). The largest absolute Gasteiger partial charge is 0.399 e. The van der Waals surface area contributed by atoms with E-state index in [0.29, 0.717) is 0 Å². The van der Waals surface area contributed by atoms with E-state index < -0.39 is 0 Å². The maximum Gasteiger partial charge on any atom is 0.126 e. The van der Waals surface area contributed by atoms with Crippen LogP contribution in [0.1, 0.15) is 25.7 Å². The van der Waals surface area contributed by atoms with Gasteiger partial charge in [-0.1, -0.05) is 19.3 Å². The first-order valence-corrected chi connectivity index (χ1v) is 6.71. The van der Waals surface area contributed by atoms with E-state index in [1.54, 1.807) is 0 Å². The van der Waals surface area contributed by atoms with Gasteiger partial charge in [0.2, 0.25) is 0 Å². The fourth-order valence-electron chi connectivity index (χ4n) is 2.43. The molecule has 3 N–H and O–H groups in total. The number of hydrogen-bond donors (Lipinski definition) is 2. The van der Waals surface area contributed by atoms with Crippen molar-refractivity contribution in [3.8, 4) is 0 Å². The van der Waals surface area contributed by atoms with Crippen molar-refractivity contribution in [3.63, 3.8) is 0 Å². The predicted molar refractivity (Wildman–Crippen MR) is 76.6 cm³/mol. The first-order chi connectivity index (χ1) is 8.81. The van der Waals surface area contributed by atoms with Crippen molar-refractivity contribution < 1.29 is 0 Å². The van der Waals surface area contributed by atoms with Crippen molar-refractivity contribution in [1.82, 2.24) is 4.98 Å². The lowest BCUT2D eigenvalue weighted by atomic mass is 9.83. The number of aromatic nitrogens is 1. The average molecular weight is 241 g/mol. The van der Waals surface area contributed by atoms with Gasteiger partial charge in [0.15, 0.2) is 0 Å². The van der Waals surface area contributed by atoms with E-state index in [4.69, 9.17) is 5.73 Å². The van der Waals surface area contributed by atoms with Crippen molar-refractivity contribution in [2.75, 3.05) is 17.6 Å². The standard InChI is InChI=1S/C15H19N3/c16-13-5-6-14-12(10-13)4-7-15(18-14)17-9-8-11-2-1-3-11/h4-7,10-11H,1-3,8-9,16H2,(H,17,18). The minimum absolute atomic E-state index is 0.787. The molecule has 0 bridgehead atoms. The Kier molecular flexibility index (Phi) is 3.05. The van der Waals surface area contributed by atoms with Crippen LogP contribution in [-0.4, -0.2) is 11.5 Å². The van der Waals surface area contributed by atoms with E-state index in [-0.39, 0.29) is 0 Å². The number of nitrogen functional groups attached to an aromatic ring is 1. The van der Waals surface area contributed by atoms with Gasteiger partial charge in [0.25, 0.3) is 0 Å². The fourth-order valence-corrected chi connectivity index (χ4v) is 2.43. The third kappa shape index (κ3) is 2.40. The molecule has 0 aliphatic heterocycles. The van der Waals surface area contributed by atoms with Crippen molar-refractivity contribution >= 4 is 22.4 Å². The van der Waals surface area contributed by atoms with Gasteiger partial charge in [0.05, 0.1) is 5.52 Å². The van der Waals surface area contributed by atoms with Crippen LogP contribution >= 0.6 is 0 Å². The number of fused-ring (bicyclic) bond motifs is 1. The zero-order valence-electron chi connectivity index (χ0n) is 10.5. The van der Waals surface area contributed by atoms with Gasteiger partial charge in [-0.15, -0.1) is 0 Å². The molecule has 3 heteroatoms. The van der Waals surface area contributed by atoms with Gasteiger partial charge in [0.1, 0.15) is 5.82 Å². The van der Waals surface area contributed by atoms with Crippen molar-refractivity contribution in [2.24, 2.45) is 5.92 Å². The van der Waals surface area contributed by atoms with Crippen molar-refractivity contribution in [3.05, 3.63) is 30.3 Å². The lowest BCUT2D eigenvalue weighted by Gasteiger charge is -2.25. The SMILES string of the molecule is Nc1ccc2nc(NCCC3CCC3)ccc2c1. The average Bonchev–Trinajstić information content (AvgIpc) is 2.32. The summed E-state index contributed by atoms with van der Waals surface area (Å²) in [6.45, 7) is 1.03. The number of nitrogens with zero attached hydrogens (tertiary/aromatic N) is 1. The molecule has 0 unspecified atom stereocenters. The Bertz CT molecular complexity index is 546. The molecule has 1 heterocycles. The lowest BCUT2D eigenvalue weighted by Crippen LogP contribution is -2.15. The molecule has 1 aliphatic carbocycles. The highest BCUT2D eigenvalue weighted by atomic mass is 15.0. The summed E-state index contributed by atoms with van der Waals surface area (Å²) in [6, 6.07) is 9.93. The summed E-state index contributed by atoms with van der Waals surface area (Å²) in [4.78, 5) is 4.59. The van der Waals surface area contributed by atoms with E-state index >= 15 is 0 Å². The van der Waals surface area contributed by atoms with Gasteiger partial charge < -0.3 is 11.1 Å². The second-order valence-corrected chi connectivity index (χ2v) is 5.16. The Morgan fingerprint density at radius 3 is 2.89 bits per heavy atom. The number of benzene rings is 1. The van der Waals surface area contributed by atoms with Crippen LogP contribution in [0.3, 0.4) is 0 Å². The zero-order valence-corrected chi connectivity index (χ0v) is 10.5. The Labute approximate surface area is 107 Å². The van der Waals surface area contributed by atoms with Crippen LogP contribution in [-0.2, 0) is 0 Å². The smallest absolute Gasteiger partial charge is 0.126 e. The summed E-state index contributed by atoms with van der Waals surface area (Å²) in [5.41, 5.74) is 7.54. The summed E-state index contributed by atoms with van der Waals surface area (Å²) < 4.78 is 0. The van der Waals surface area contributed by atoms with Gasteiger partial charge in [-0.3, -0.25) is 0 Å². The Morgan fingerprint density at radius 1 is 1.22 bits per heavy atom. The maximum atomic E-state index is 5.75. The van der Waals surface area contributed by atoms with E-state index in [1.807, 2.05) is 24.3 Å². The van der Waals surface area contributed by atoms with E-state index in [9.17, 15) is 0 Å². The molecule has 0 spiro atoms. The van der Waals surface area contributed by atoms with Crippen LogP contribution in [0.15, 0.2) is 30.3 Å². The molecule has 0 amide bonds. The van der Waals surface area contributed by atoms with E-state index in [0.717, 1.165) is 34.9 Å². The summed E-state index contributed by atoms with van der Waals surface area (Å²) in [6.07, 6.45) is 5.50. The number of hydrogen-bond acceptors (Lipinski definition) is 3. The molecule has 0 radical (unpaired) electrons. The number of anilines is 2. The number of nitrogens with two attached hydrogens (primary N) is 1. The molecule has 94 valence electrons. The number of pyridine rings is 1. The summed E-state index contributed by atoms with van der Waals surface area (Å²) in [5, 5.41) is 4.50. The zero-order chi connectivity index (χ0) is 12.4. The summed E-state index contributed by atoms with van der Waals surface area (Å²) in [7, 11) is 0. The highest BCUT2D eigenvalue weighted by Gasteiger charge is 2.16. The Hall–Kier alpha value is -1.77. The van der Waals surface area contributed by atoms with Crippen LogP contribution in [0.5, 0.6) is 0 Å². The Morgan fingerprint density at radius 2 is 2.11 bits per heavy atom. The van der Waals surface area contributed by atoms with Crippen LogP contribution in [0.25, 0.3) is 10.9 Å². The summed E-state index contributed by atoms with van der Waals surface area (Å²) in [5.74, 6) is 1.91. The molecular weight excluding hydrogens is 222 g/mol. The Balaban J connectivity index is 1.66. The van der Waals surface area contributed by atoms with E-state index in [1.165, 1.54) is 25.7 Å². The highest BCUT2D eigenvalue weighted by Crippen LogP contribution is 2.29. The monoisotopic (exact) mass is 241 g/mol. The first kappa shape index (κ1) is 11.3. The molecular formula is C15H19N3. The third-order valence-corrected chi connectivity index (χ3v) is 3.80. The second-order valence-electron chi connectivity index (χ2n) is 5.16. The molecule has 0 atom stereocenters.